The first-order chi connectivity index (χ1) is 35.9. The molecule has 0 aliphatic heterocycles. The van der Waals surface area contributed by atoms with Crippen LogP contribution >= 0.6 is 0 Å². The van der Waals surface area contributed by atoms with Crippen LogP contribution in [0.5, 0.6) is 0 Å². The first-order valence-electron chi connectivity index (χ1n) is 25.5. The third-order valence-electron chi connectivity index (χ3n) is 15.8. The molecule has 1 aromatic heterocycles. The summed E-state index contributed by atoms with van der Waals surface area (Å²) in [5, 5.41) is 2.48. The van der Waals surface area contributed by atoms with Crippen LogP contribution in [-0.4, -0.2) is 11.6 Å². The third-order valence-corrected chi connectivity index (χ3v) is 15.8. The van der Waals surface area contributed by atoms with Gasteiger partial charge in [0, 0.05) is 40.2 Å². The van der Waals surface area contributed by atoms with Crippen LogP contribution in [0.25, 0.3) is 72.0 Å². The molecule has 12 aromatic rings. The summed E-state index contributed by atoms with van der Waals surface area (Å²) < 4.78 is 2.52. The Balaban J connectivity index is 0.000000293. The molecule has 73 heavy (non-hydrogen) atoms. The number of para-hydroxylation sites is 2. The average Bonchev–Trinajstić information content (AvgIpc) is 4.05. The number of rotatable bonds is 7. The van der Waals surface area contributed by atoms with Gasteiger partial charge in [-0.05, 0) is 127 Å². The summed E-state index contributed by atoms with van der Waals surface area (Å²) in [5.41, 5.74) is 23.7. The predicted octanol–water partition coefficient (Wildman–Crippen LogP) is 18.2. The van der Waals surface area contributed by atoms with Gasteiger partial charge < -0.3 is 9.47 Å². The van der Waals surface area contributed by atoms with Crippen molar-refractivity contribution in [3.8, 4) is 50.2 Å². The number of nitrogens with zero attached hydrogens (tertiary/aromatic N) is 2. The molecule has 11 aromatic carbocycles. The van der Waals surface area contributed by atoms with Crippen LogP contribution in [0.1, 0.15) is 47.2 Å². The molecule has 0 bridgehead atoms. The van der Waals surface area contributed by atoms with Crippen LogP contribution in [0.4, 0.5) is 11.4 Å². The molecule has 2 heteroatoms. The van der Waals surface area contributed by atoms with Crippen molar-refractivity contribution in [2.75, 3.05) is 11.9 Å². The minimum atomic E-state index is -0.518. The normalized spacial score (nSPS) is 13.4. The van der Waals surface area contributed by atoms with E-state index in [1.165, 1.54) is 105 Å². The lowest BCUT2D eigenvalue weighted by molar-refractivity contribution is 0.660. The van der Waals surface area contributed by atoms with E-state index in [-0.39, 0.29) is 5.41 Å². The molecular formula is C71H54N2. The van der Waals surface area contributed by atoms with Gasteiger partial charge in [-0.2, -0.15) is 0 Å². The Labute approximate surface area is 428 Å². The molecule has 0 radical (unpaired) electrons. The largest absolute Gasteiger partial charge is 0.345 e. The Morgan fingerprint density at radius 2 is 0.781 bits per heavy atom. The molecule has 2 aliphatic rings. The van der Waals surface area contributed by atoms with E-state index in [4.69, 9.17) is 0 Å². The number of hydrogen-bond acceptors (Lipinski definition) is 1. The van der Waals surface area contributed by atoms with Gasteiger partial charge >= 0.3 is 0 Å². The quantitative estimate of drug-likeness (QED) is 0.155. The number of benzene rings is 11. The molecule has 0 amide bonds. The van der Waals surface area contributed by atoms with E-state index >= 15 is 0 Å². The van der Waals surface area contributed by atoms with Crippen molar-refractivity contribution >= 4 is 33.2 Å². The Morgan fingerprint density at radius 3 is 1.42 bits per heavy atom. The van der Waals surface area contributed by atoms with Crippen molar-refractivity contribution in [3.63, 3.8) is 0 Å². The molecule has 0 spiro atoms. The van der Waals surface area contributed by atoms with Gasteiger partial charge in [-0.1, -0.05) is 232 Å². The van der Waals surface area contributed by atoms with Gasteiger partial charge in [-0.25, -0.2) is 0 Å². The van der Waals surface area contributed by atoms with Crippen LogP contribution in [0, 0.1) is 0 Å². The fourth-order valence-electron chi connectivity index (χ4n) is 12.3. The minimum Gasteiger partial charge on any atom is -0.345 e. The first kappa shape index (κ1) is 44.0. The fraction of sp³-hybridized carbons (Fsp3) is 0.0704. The molecule has 14 rings (SSSR count). The van der Waals surface area contributed by atoms with E-state index in [1.54, 1.807) is 0 Å². The summed E-state index contributed by atoms with van der Waals surface area (Å²) >= 11 is 0. The van der Waals surface area contributed by atoms with Gasteiger partial charge in [-0.3, -0.25) is 0 Å². The molecule has 2 aliphatic carbocycles. The van der Waals surface area contributed by atoms with Gasteiger partial charge in [0.05, 0.1) is 22.1 Å². The van der Waals surface area contributed by atoms with E-state index in [0.29, 0.717) is 0 Å². The topological polar surface area (TPSA) is 8.17 Å². The van der Waals surface area contributed by atoms with Crippen molar-refractivity contribution < 1.29 is 0 Å². The number of fused-ring (bicyclic) bond motifs is 9. The second-order valence-corrected chi connectivity index (χ2v) is 20.1. The lowest BCUT2D eigenvalue weighted by atomic mass is 9.67. The molecule has 1 heterocycles. The highest BCUT2D eigenvalue weighted by molar-refractivity contribution is 6.11. The van der Waals surface area contributed by atoms with Crippen molar-refractivity contribution in [1.82, 2.24) is 4.57 Å². The maximum Gasteiger partial charge on any atom is 0.0734 e. The second kappa shape index (κ2) is 17.7. The van der Waals surface area contributed by atoms with Crippen LogP contribution in [0.15, 0.2) is 273 Å². The maximum atomic E-state index is 2.52. The van der Waals surface area contributed by atoms with E-state index in [9.17, 15) is 0 Å². The van der Waals surface area contributed by atoms with Gasteiger partial charge in [0.1, 0.15) is 0 Å². The van der Waals surface area contributed by atoms with Crippen LogP contribution in [0.3, 0.4) is 0 Å². The zero-order valence-corrected chi connectivity index (χ0v) is 41.4. The summed E-state index contributed by atoms with van der Waals surface area (Å²) in [6.07, 6.45) is 0. The van der Waals surface area contributed by atoms with Crippen molar-refractivity contribution in [2.24, 2.45) is 0 Å². The summed E-state index contributed by atoms with van der Waals surface area (Å²) in [7, 11) is 2.13. The zero-order valence-electron chi connectivity index (χ0n) is 41.4. The molecule has 2 nitrogen and oxygen atoms in total. The van der Waals surface area contributed by atoms with E-state index in [2.05, 4.69) is 303 Å². The molecule has 0 fully saturated rings. The zero-order chi connectivity index (χ0) is 49.1. The Morgan fingerprint density at radius 1 is 0.329 bits per heavy atom. The Bertz CT molecular complexity index is 3930. The molecular weight excluding hydrogens is 881 g/mol. The number of hydrogen-bond donors (Lipinski definition) is 0. The highest BCUT2D eigenvalue weighted by Gasteiger charge is 2.48. The highest BCUT2D eigenvalue weighted by Crippen LogP contribution is 2.58. The number of anilines is 2. The first-order valence-corrected chi connectivity index (χ1v) is 25.5. The van der Waals surface area contributed by atoms with E-state index in [0.717, 1.165) is 11.4 Å². The average molecular weight is 935 g/mol. The van der Waals surface area contributed by atoms with Crippen molar-refractivity contribution in [3.05, 3.63) is 306 Å². The Kier molecular flexibility index (Phi) is 10.7. The standard InChI is InChI=1S/C56H40N2.C15H14/c1-57(45-25-9-4-10-26-45)46-27-16-20-41(37-46)39-18-15-19-40(36-39)42-34-35-53-50(38-42)48-29-12-14-32-52(48)58(53)54-33-17-30-49-47-28-11-13-31-51(47)56(55(49)54,43-21-5-2-6-22-43)44-23-7-3-8-24-44;1-15(2)13-9-5-3-7-11(13)12-8-4-6-10-14(12)15/h2-38H,1H3;3-10H,1-2H3. The summed E-state index contributed by atoms with van der Waals surface area (Å²) in [5.74, 6) is 0. The molecule has 0 N–H and O–H groups in total. The van der Waals surface area contributed by atoms with Crippen LogP contribution < -0.4 is 4.90 Å². The minimum absolute atomic E-state index is 0.160. The van der Waals surface area contributed by atoms with Crippen molar-refractivity contribution in [1.29, 1.82) is 0 Å². The SMILES string of the molecule is CC1(C)c2ccccc2-c2ccccc21.CN(c1ccccc1)c1cccc(-c2cccc(-c3ccc4c(c3)c3ccccc3n4-c3cccc4c3C(c3ccccc3)(c3ccccc3)c3ccccc3-4)c2)c1. The smallest absolute Gasteiger partial charge is 0.0734 e. The predicted molar refractivity (Wildman–Crippen MR) is 307 cm³/mol. The van der Waals surface area contributed by atoms with Gasteiger partial charge in [-0.15, -0.1) is 0 Å². The van der Waals surface area contributed by atoms with E-state index < -0.39 is 5.41 Å². The molecule has 348 valence electrons. The molecule has 0 atom stereocenters. The third kappa shape index (κ3) is 7.08. The summed E-state index contributed by atoms with van der Waals surface area (Å²) in [6.45, 7) is 4.61. The van der Waals surface area contributed by atoms with Crippen LogP contribution in [-0.2, 0) is 10.8 Å². The lowest BCUT2D eigenvalue weighted by Crippen LogP contribution is -2.29. The molecule has 0 unspecified atom stereocenters. The Hall–Kier alpha value is -8.98. The molecule has 0 saturated heterocycles. The van der Waals surface area contributed by atoms with Gasteiger partial charge in [0.25, 0.3) is 0 Å². The van der Waals surface area contributed by atoms with Gasteiger partial charge in [0.2, 0.25) is 0 Å². The van der Waals surface area contributed by atoms with Crippen LogP contribution in [0.2, 0.25) is 0 Å². The van der Waals surface area contributed by atoms with Gasteiger partial charge in [0.15, 0.2) is 0 Å². The monoisotopic (exact) mass is 934 g/mol. The van der Waals surface area contributed by atoms with E-state index in [1.807, 2.05) is 0 Å². The van der Waals surface area contributed by atoms with Crippen molar-refractivity contribution in [2.45, 2.75) is 24.7 Å². The lowest BCUT2D eigenvalue weighted by Gasteiger charge is -2.35. The highest BCUT2D eigenvalue weighted by atomic mass is 15.1. The second-order valence-electron chi connectivity index (χ2n) is 20.1. The summed E-state index contributed by atoms with van der Waals surface area (Å²) in [4.78, 5) is 2.24. The molecule has 0 saturated carbocycles. The maximum absolute atomic E-state index is 2.52. The number of aromatic nitrogens is 1. The fourth-order valence-corrected chi connectivity index (χ4v) is 12.3. The summed E-state index contributed by atoms with van der Waals surface area (Å²) in [6, 6.07) is 99.8.